The van der Waals surface area contributed by atoms with E-state index in [1.807, 2.05) is 25.1 Å². The number of nitrogens with zero attached hydrogens (tertiary/aromatic N) is 1. The van der Waals surface area contributed by atoms with Crippen molar-refractivity contribution >= 4 is 17.7 Å². The molecular weight excluding hydrogens is 376 g/mol. The molecule has 0 unspecified atom stereocenters. The second kappa shape index (κ2) is 10.2. The summed E-state index contributed by atoms with van der Waals surface area (Å²) in [4.78, 5) is 14.8. The first kappa shape index (κ1) is 21.8. The zero-order valence-electron chi connectivity index (χ0n) is 18.4. The van der Waals surface area contributed by atoms with Gasteiger partial charge in [-0.15, -0.1) is 0 Å². The van der Waals surface area contributed by atoms with Crippen molar-refractivity contribution in [2.45, 2.75) is 32.7 Å². The molecule has 1 fully saturated rings. The molecule has 1 amide bonds. The van der Waals surface area contributed by atoms with E-state index in [1.54, 1.807) is 26.4 Å². The van der Waals surface area contributed by atoms with E-state index in [-0.39, 0.29) is 11.9 Å². The third-order valence-electron chi connectivity index (χ3n) is 5.61. The van der Waals surface area contributed by atoms with Gasteiger partial charge in [0.25, 0.3) is 0 Å². The Morgan fingerprint density at radius 1 is 1.13 bits per heavy atom. The molecule has 5 heteroatoms. The largest absolute Gasteiger partial charge is 0.493 e. The lowest BCUT2D eigenvalue weighted by molar-refractivity contribution is -0.117. The van der Waals surface area contributed by atoms with Crippen LogP contribution in [0.2, 0.25) is 0 Å². The minimum absolute atomic E-state index is 0.0677. The molecule has 5 nitrogen and oxygen atoms in total. The lowest BCUT2D eigenvalue weighted by atomic mass is 9.99. The van der Waals surface area contributed by atoms with Gasteiger partial charge in [-0.05, 0) is 67.2 Å². The van der Waals surface area contributed by atoms with Crippen molar-refractivity contribution in [2.75, 3.05) is 32.2 Å². The highest BCUT2D eigenvalue weighted by Gasteiger charge is 2.17. The Hall–Kier alpha value is -2.95. The van der Waals surface area contributed by atoms with Gasteiger partial charge in [-0.25, -0.2) is 0 Å². The fraction of sp³-hybridized carbons (Fsp3) is 0.400. The van der Waals surface area contributed by atoms with Gasteiger partial charge in [0, 0.05) is 24.9 Å². The predicted molar refractivity (Wildman–Crippen MR) is 122 cm³/mol. The maximum Gasteiger partial charge on any atom is 0.244 e. The van der Waals surface area contributed by atoms with E-state index in [4.69, 9.17) is 9.47 Å². The molecule has 0 bridgehead atoms. The summed E-state index contributed by atoms with van der Waals surface area (Å²) < 4.78 is 10.5. The summed E-state index contributed by atoms with van der Waals surface area (Å²) >= 11 is 0. The number of carbonyl (C=O) groups excluding carboxylic acids is 1. The maximum atomic E-state index is 12.4. The molecule has 0 radical (unpaired) electrons. The highest BCUT2D eigenvalue weighted by Crippen LogP contribution is 2.28. The molecule has 160 valence electrons. The van der Waals surface area contributed by atoms with Crippen LogP contribution in [-0.2, 0) is 4.79 Å². The Labute approximate surface area is 179 Å². The molecule has 2 aromatic carbocycles. The van der Waals surface area contributed by atoms with Crippen LogP contribution in [0.1, 0.15) is 43.9 Å². The summed E-state index contributed by atoms with van der Waals surface area (Å²) in [5, 5.41) is 3.03. The maximum absolute atomic E-state index is 12.4. The first-order valence-corrected chi connectivity index (χ1v) is 10.6. The highest BCUT2D eigenvalue weighted by atomic mass is 16.5. The Morgan fingerprint density at radius 2 is 1.87 bits per heavy atom. The molecule has 3 rings (SSSR count). The van der Waals surface area contributed by atoms with E-state index in [9.17, 15) is 4.79 Å². The van der Waals surface area contributed by atoms with Gasteiger partial charge in [-0.3, -0.25) is 4.79 Å². The number of nitrogens with one attached hydrogen (secondary N) is 1. The molecule has 2 atom stereocenters. The number of rotatable bonds is 7. The van der Waals surface area contributed by atoms with Crippen molar-refractivity contribution in [1.29, 1.82) is 0 Å². The summed E-state index contributed by atoms with van der Waals surface area (Å²) in [5.41, 5.74) is 3.23. The topological polar surface area (TPSA) is 50.8 Å². The van der Waals surface area contributed by atoms with E-state index < -0.39 is 0 Å². The fourth-order valence-corrected chi connectivity index (χ4v) is 3.87. The zero-order chi connectivity index (χ0) is 21.5. The third-order valence-corrected chi connectivity index (χ3v) is 5.61. The molecule has 2 aromatic rings. The Bertz CT molecular complexity index is 876. The lowest BCUT2D eigenvalue weighted by Crippen LogP contribution is -2.34. The van der Waals surface area contributed by atoms with Crippen LogP contribution >= 0.6 is 0 Å². The molecule has 0 aliphatic carbocycles. The molecule has 1 N–H and O–H groups in total. The van der Waals surface area contributed by atoms with Gasteiger partial charge in [0.15, 0.2) is 11.5 Å². The van der Waals surface area contributed by atoms with Crippen LogP contribution in [0.4, 0.5) is 5.69 Å². The van der Waals surface area contributed by atoms with E-state index in [1.165, 1.54) is 18.5 Å². The number of benzene rings is 2. The van der Waals surface area contributed by atoms with Crippen LogP contribution in [0.5, 0.6) is 11.5 Å². The number of methoxy groups -OCH3 is 2. The van der Waals surface area contributed by atoms with Gasteiger partial charge in [0.1, 0.15) is 0 Å². The van der Waals surface area contributed by atoms with Crippen molar-refractivity contribution in [1.82, 2.24) is 5.32 Å². The minimum atomic E-state index is -0.133. The molecule has 30 heavy (non-hydrogen) atoms. The van der Waals surface area contributed by atoms with Crippen LogP contribution in [-0.4, -0.2) is 33.2 Å². The predicted octanol–water partition coefficient (Wildman–Crippen LogP) is 4.83. The molecule has 1 heterocycles. The molecular formula is C25H32N2O3. The van der Waals surface area contributed by atoms with E-state index in [2.05, 4.69) is 41.4 Å². The average Bonchev–Trinajstić information content (AvgIpc) is 2.77. The SMILES string of the molecule is COc1ccc(/C=C/C(=O)N[C@H](C)c2ccc(N3CCC[C@H](C)C3)cc2)cc1OC. The second-order valence-electron chi connectivity index (χ2n) is 7.96. The average molecular weight is 409 g/mol. The molecule has 1 saturated heterocycles. The van der Waals surface area contributed by atoms with Crippen LogP contribution in [0.15, 0.2) is 48.5 Å². The van der Waals surface area contributed by atoms with Gasteiger partial charge in [0.05, 0.1) is 20.3 Å². The fourth-order valence-electron chi connectivity index (χ4n) is 3.87. The van der Waals surface area contributed by atoms with E-state index in [0.29, 0.717) is 11.5 Å². The number of carbonyl (C=O) groups is 1. The first-order valence-electron chi connectivity index (χ1n) is 10.6. The summed E-state index contributed by atoms with van der Waals surface area (Å²) in [5.74, 6) is 1.91. The summed E-state index contributed by atoms with van der Waals surface area (Å²) in [6, 6.07) is 14.0. The standard InChI is InChI=1S/C25H32N2O3/c1-18-6-5-15-27(17-18)22-11-9-21(10-12-22)19(2)26-25(28)14-8-20-7-13-23(29-3)24(16-20)30-4/h7-14,16,18-19H,5-6,15,17H2,1-4H3,(H,26,28)/b14-8+/t18-,19+/m0/s1. The summed E-state index contributed by atoms with van der Waals surface area (Å²) in [7, 11) is 3.19. The first-order chi connectivity index (χ1) is 14.5. The zero-order valence-corrected chi connectivity index (χ0v) is 18.4. The Balaban J connectivity index is 1.58. The summed E-state index contributed by atoms with van der Waals surface area (Å²) in [6.45, 7) is 6.55. The van der Waals surface area contributed by atoms with Crippen molar-refractivity contribution < 1.29 is 14.3 Å². The number of piperidine rings is 1. The second-order valence-corrected chi connectivity index (χ2v) is 7.96. The van der Waals surface area contributed by atoms with Gasteiger partial charge < -0.3 is 19.7 Å². The molecule has 1 aliphatic rings. The van der Waals surface area contributed by atoms with Crippen molar-refractivity contribution in [3.63, 3.8) is 0 Å². The molecule has 0 spiro atoms. The van der Waals surface area contributed by atoms with Gasteiger partial charge in [-0.2, -0.15) is 0 Å². The van der Waals surface area contributed by atoms with Gasteiger partial charge >= 0.3 is 0 Å². The quantitative estimate of drug-likeness (QED) is 0.667. The van der Waals surface area contributed by atoms with E-state index >= 15 is 0 Å². The van der Waals surface area contributed by atoms with Crippen molar-refractivity contribution in [3.8, 4) is 11.5 Å². The number of hydrogen-bond donors (Lipinski definition) is 1. The van der Waals surface area contributed by atoms with Crippen molar-refractivity contribution in [3.05, 3.63) is 59.7 Å². The van der Waals surface area contributed by atoms with Gasteiger partial charge in [-0.1, -0.05) is 25.1 Å². The number of anilines is 1. The number of ether oxygens (including phenoxy) is 2. The minimum Gasteiger partial charge on any atom is -0.493 e. The Morgan fingerprint density at radius 3 is 2.53 bits per heavy atom. The normalized spacial score (nSPS) is 17.6. The number of hydrogen-bond acceptors (Lipinski definition) is 4. The van der Waals surface area contributed by atoms with Crippen LogP contribution in [0, 0.1) is 5.92 Å². The van der Waals surface area contributed by atoms with Crippen LogP contribution in [0.3, 0.4) is 0 Å². The molecule has 0 aromatic heterocycles. The lowest BCUT2D eigenvalue weighted by Gasteiger charge is -2.33. The molecule has 1 aliphatic heterocycles. The van der Waals surface area contributed by atoms with Gasteiger partial charge in [0.2, 0.25) is 5.91 Å². The van der Waals surface area contributed by atoms with Crippen LogP contribution < -0.4 is 19.7 Å². The highest BCUT2D eigenvalue weighted by molar-refractivity contribution is 5.92. The monoisotopic (exact) mass is 408 g/mol. The summed E-state index contributed by atoms with van der Waals surface area (Å²) in [6.07, 6.45) is 5.88. The Kier molecular flexibility index (Phi) is 7.39. The third kappa shape index (κ3) is 5.56. The van der Waals surface area contributed by atoms with E-state index in [0.717, 1.165) is 30.1 Å². The molecule has 0 saturated carbocycles. The number of amides is 1. The van der Waals surface area contributed by atoms with Crippen LogP contribution in [0.25, 0.3) is 6.08 Å². The van der Waals surface area contributed by atoms with Crippen molar-refractivity contribution in [2.24, 2.45) is 5.92 Å². The smallest absolute Gasteiger partial charge is 0.244 e.